The molecule has 2 aliphatic rings. The van der Waals surface area contributed by atoms with Crippen LogP contribution in [0.1, 0.15) is 28.8 Å². The van der Waals surface area contributed by atoms with Gasteiger partial charge in [0.2, 0.25) is 0 Å². The van der Waals surface area contributed by atoms with Gasteiger partial charge in [-0.05, 0) is 25.0 Å². The number of carbonyl (C=O) groups is 2. The van der Waals surface area contributed by atoms with E-state index in [0.29, 0.717) is 31.5 Å². The first-order valence-electron chi connectivity index (χ1n) is 9.92. The van der Waals surface area contributed by atoms with Crippen LogP contribution in [0.25, 0.3) is 5.65 Å². The van der Waals surface area contributed by atoms with E-state index in [9.17, 15) is 22.8 Å². The highest BCUT2D eigenvalue weighted by Crippen LogP contribution is 2.50. The van der Waals surface area contributed by atoms with Gasteiger partial charge in [-0.2, -0.15) is 18.3 Å². The van der Waals surface area contributed by atoms with Gasteiger partial charge < -0.3 is 14.2 Å². The number of anilines is 1. The van der Waals surface area contributed by atoms with E-state index in [0.717, 1.165) is 24.0 Å². The lowest BCUT2D eigenvalue weighted by atomic mass is 9.61. The second-order valence-corrected chi connectivity index (χ2v) is 8.38. The van der Waals surface area contributed by atoms with Crippen LogP contribution < -0.4 is 5.32 Å². The molecule has 1 aliphatic heterocycles. The molecule has 0 bridgehead atoms. The summed E-state index contributed by atoms with van der Waals surface area (Å²) in [5.41, 5.74) is 0.268. The highest BCUT2D eigenvalue weighted by molar-refractivity contribution is 6.00. The number of hydrogen-bond acceptors (Lipinski definition) is 5. The van der Waals surface area contributed by atoms with Gasteiger partial charge in [-0.3, -0.25) is 10.1 Å². The molecule has 12 heteroatoms. The van der Waals surface area contributed by atoms with Crippen LogP contribution in [0.3, 0.4) is 0 Å². The number of amides is 2. The average Bonchev–Trinajstić information content (AvgIpc) is 3.25. The first kappa shape index (κ1) is 20.3. The van der Waals surface area contributed by atoms with Gasteiger partial charge in [0.15, 0.2) is 0 Å². The number of aromatic nitrogens is 4. The molecule has 4 heterocycles. The zero-order chi connectivity index (χ0) is 22.7. The lowest BCUT2D eigenvalue weighted by Crippen LogP contribution is -2.65. The summed E-state index contributed by atoms with van der Waals surface area (Å²) in [6.07, 6.45) is 1.58. The Morgan fingerprint density at radius 2 is 2.00 bits per heavy atom. The van der Waals surface area contributed by atoms with Crippen molar-refractivity contribution in [1.82, 2.24) is 24.1 Å². The first-order chi connectivity index (χ1) is 15.1. The number of alkyl halides is 3. The number of halogens is 3. The van der Waals surface area contributed by atoms with Crippen LogP contribution in [0.5, 0.6) is 0 Å². The predicted octanol–water partition coefficient (Wildman–Crippen LogP) is 2.94. The maximum absolute atomic E-state index is 12.8. The van der Waals surface area contributed by atoms with Crippen LogP contribution in [-0.2, 0) is 18.0 Å². The molecule has 1 aliphatic carbocycles. The molecule has 0 aromatic carbocycles. The Bertz CT molecular complexity index is 1200. The fraction of sp³-hybridized carbons (Fsp3) is 0.400. The third-order valence-electron chi connectivity index (χ3n) is 6.02. The zero-order valence-electron chi connectivity index (χ0n) is 17.0. The maximum Gasteiger partial charge on any atom is 0.416 e. The number of ether oxygens (including phenoxy) is 1. The second kappa shape index (κ2) is 6.97. The van der Waals surface area contributed by atoms with E-state index in [1.165, 1.54) is 0 Å². The number of imidazole rings is 1. The average molecular weight is 448 g/mol. The molecule has 1 spiro atoms. The molecule has 5 rings (SSSR count). The molecule has 0 unspecified atom stereocenters. The molecule has 168 valence electrons. The standard InChI is InChI=1S/C20H19F3N6O3/c1-27-4-5-29-16(27)14(9-25-29)17(30)28-10-19(11-28)7-13(8-19)32-18(31)26-15-6-12(2-3-24-15)20(21,22)23/h2-6,9,13H,7-8,10-11H2,1H3,(H,24,26,31). The largest absolute Gasteiger partial charge is 0.446 e. The number of nitrogens with one attached hydrogen (secondary N) is 1. The van der Waals surface area contributed by atoms with E-state index in [-0.39, 0.29) is 23.2 Å². The van der Waals surface area contributed by atoms with Gasteiger partial charge in [-0.1, -0.05) is 0 Å². The van der Waals surface area contributed by atoms with Crippen molar-refractivity contribution in [3.63, 3.8) is 0 Å². The lowest BCUT2D eigenvalue weighted by Gasteiger charge is -2.58. The number of hydrogen-bond donors (Lipinski definition) is 1. The Morgan fingerprint density at radius 3 is 2.72 bits per heavy atom. The third-order valence-corrected chi connectivity index (χ3v) is 6.02. The van der Waals surface area contributed by atoms with E-state index in [1.54, 1.807) is 21.8 Å². The van der Waals surface area contributed by atoms with Gasteiger partial charge in [0.1, 0.15) is 23.1 Å². The van der Waals surface area contributed by atoms with Crippen molar-refractivity contribution in [3.05, 3.63) is 48.0 Å². The number of aryl methyl sites for hydroxylation is 1. The summed E-state index contributed by atoms with van der Waals surface area (Å²) in [6, 6.07) is 1.57. The van der Waals surface area contributed by atoms with Gasteiger partial charge >= 0.3 is 12.3 Å². The number of nitrogens with zero attached hydrogens (tertiary/aromatic N) is 5. The monoisotopic (exact) mass is 448 g/mol. The molecule has 2 amide bonds. The van der Waals surface area contributed by atoms with Crippen molar-refractivity contribution >= 4 is 23.5 Å². The molecule has 1 N–H and O–H groups in total. The predicted molar refractivity (Wildman–Crippen MR) is 105 cm³/mol. The molecule has 3 aromatic heterocycles. The Kier molecular flexibility index (Phi) is 4.43. The summed E-state index contributed by atoms with van der Waals surface area (Å²) in [7, 11) is 1.85. The Hall–Kier alpha value is -3.57. The first-order valence-corrected chi connectivity index (χ1v) is 9.92. The van der Waals surface area contributed by atoms with E-state index >= 15 is 0 Å². The molecule has 1 saturated heterocycles. The third kappa shape index (κ3) is 3.45. The summed E-state index contributed by atoms with van der Waals surface area (Å²) in [5.74, 6) is -0.322. The van der Waals surface area contributed by atoms with Gasteiger partial charge in [0.05, 0.1) is 11.8 Å². The van der Waals surface area contributed by atoms with Crippen LogP contribution in [0.15, 0.2) is 36.9 Å². The minimum atomic E-state index is -4.53. The van der Waals surface area contributed by atoms with E-state index in [2.05, 4.69) is 15.4 Å². The molecule has 3 aromatic rings. The summed E-state index contributed by atoms with van der Waals surface area (Å²) in [4.78, 5) is 30.3. The van der Waals surface area contributed by atoms with Crippen molar-refractivity contribution in [2.75, 3.05) is 18.4 Å². The lowest BCUT2D eigenvalue weighted by molar-refractivity contribution is -0.137. The molecular weight excluding hydrogens is 429 g/mol. The van der Waals surface area contributed by atoms with Crippen molar-refractivity contribution in [2.24, 2.45) is 12.5 Å². The van der Waals surface area contributed by atoms with Gasteiger partial charge in [0.25, 0.3) is 5.91 Å². The number of fused-ring (bicyclic) bond motifs is 1. The second-order valence-electron chi connectivity index (χ2n) is 8.38. The zero-order valence-corrected chi connectivity index (χ0v) is 17.0. The van der Waals surface area contributed by atoms with Crippen molar-refractivity contribution in [2.45, 2.75) is 25.1 Å². The molecule has 32 heavy (non-hydrogen) atoms. The molecule has 2 fully saturated rings. The topological polar surface area (TPSA) is 93.8 Å². The molecule has 9 nitrogen and oxygen atoms in total. The van der Waals surface area contributed by atoms with Gasteiger partial charge in [0, 0.05) is 44.1 Å². The minimum absolute atomic E-state index is 0.0878. The summed E-state index contributed by atoms with van der Waals surface area (Å²) >= 11 is 0. The molecule has 0 radical (unpaired) electrons. The smallest absolute Gasteiger partial charge is 0.416 e. The molecule has 1 saturated carbocycles. The highest BCUT2D eigenvalue weighted by Gasteiger charge is 2.55. The fourth-order valence-corrected chi connectivity index (χ4v) is 4.49. The highest BCUT2D eigenvalue weighted by atomic mass is 19.4. The Morgan fingerprint density at radius 1 is 1.25 bits per heavy atom. The number of pyridine rings is 1. The normalized spacial score (nSPS) is 17.8. The summed E-state index contributed by atoms with van der Waals surface area (Å²) in [5, 5.41) is 6.42. The van der Waals surface area contributed by atoms with Crippen molar-refractivity contribution < 1.29 is 27.5 Å². The number of likely N-dealkylation sites (tertiary alicyclic amines) is 1. The molecule has 0 atom stereocenters. The SMILES string of the molecule is Cn1ccn2ncc(C(=O)N3CC4(CC(OC(=O)Nc5cc(C(F)(F)F)ccn5)C4)C3)c12. The number of rotatable bonds is 3. The minimum Gasteiger partial charge on any atom is -0.446 e. The fourth-order valence-electron chi connectivity index (χ4n) is 4.49. The maximum atomic E-state index is 12.8. The summed E-state index contributed by atoms with van der Waals surface area (Å²) < 4.78 is 47.1. The van der Waals surface area contributed by atoms with Crippen LogP contribution in [0.2, 0.25) is 0 Å². The van der Waals surface area contributed by atoms with Crippen LogP contribution in [0, 0.1) is 5.41 Å². The number of carbonyl (C=O) groups excluding carboxylic acids is 2. The Balaban J connectivity index is 1.12. The van der Waals surface area contributed by atoms with E-state index < -0.39 is 17.8 Å². The van der Waals surface area contributed by atoms with Crippen molar-refractivity contribution in [3.8, 4) is 0 Å². The summed E-state index contributed by atoms with van der Waals surface area (Å²) in [6.45, 7) is 1.12. The quantitative estimate of drug-likeness (QED) is 0.665. The van der Waals surface area contributed by atoms with Gasteiger partial charge in [-0.25, -0.2) is 14.3 Å². The Labute approximate surface area is 179 Å². The van der Waals surface area contributed by atoms with Gasteiger partial charge in [-0.15, -0.1) is 0 Å². The van der Waals surface area contributed by atoms with E-state index in [4.69, 9.17) is 4.74 Å². The van der Waals surface area contributed by atoms with E-state index in [1.807, 2.05) is 17.8 Å². The van der Waals surface area contributed by atoms with Crippen molar-refractivity contribution in [1.29, 1.82) is 0 Å². The van der Waals surface area contributed by atoms with Crippen LogP contribution in [0.4, 0.5) is 23.8 Å². The van der Waals surface area contributed by atoms with Crippen LogP contribution >= 0.6 is 0 Å². The molecular formula is C20H19F3N6O3. The van der Waals surface area contributed by atoms with Crippen LogP contribution in [-0.4, -0.2) is 55.3 Å².